The van der Waals surface area contributed by atoms with Crippen molar-refractivity contribution in [1.29, 1.82) is 0 Å². The van der Waals surface area contributed by atoms with Gasteiger partial charge in [-0.25, -0.2) is 0 Å². The second-order valence-corrected chi connectivity index (χ2v) is 4.36. The van der Waals surface area contributed by atoms with Crippen molar-refractivity contribution in [2.75, 3.05) is 46.2 Å². The van der Waals surface area contributed by atoms with E-state index in [1.165, 1.54) is 6.42 Å². The number of ether oxygens (including phenoxy) is 3. The van der Waals surface area contributed by atoms with Crippen LogP contribution in [0.25, 0.3) is 0 Å². The lowest BCUT2D eigenvalue weighted by molar-refractivity contribution is 0.0146. The summed E-state index contributed by atoms with van der Waals surface area (Å²) in [6, 6.07) is 1.84. The fraction of sp³-hybridized carbons (Fsp3) is 0.786. The van der Waals surface area contributed by atoms with Crippen molar-refractivity contribution in [2.24, 2.45) is 0 Å². The predicted molar refractivity (Wildman–Crippen MR) is 75.6 cm³/mol. The Balaban J connectivity index is 1.70. The summed E-state index contributed by atoms with van der Waals surface area (Å²) >= 11 is 0. The fourth-order valence-electron chi connectivity index (χ4n) is 1.48. The van der Waals surface area contributed by atoms with Gasteiger partial charge in [0, 0.05) is 25.8 Å². The van der Waals surface area contributed by atoms with E-state index in [4.69, 9.17) is 18.7 Å². The van der Waals surface area contributed by atoms with E-state index in [0.717, 1.165) is 25.3 Å². The van der Waals surface area contributed by atoms with Crippen molar-refractivity contribution in [2.45, 2.75) is 26.3 Å². The molecular formula is C14H26N2O4. The number of aromatic nitrogens is 1. The average molecular weight is 286 g/mol. The predicted octanol–water partition coefficient (Wildman–Crippen LogP) is 1.61. The van der Waals surface area contributed by atoms with Crippen LogP contribution in [0.1, 0.15) is 25.5 Å². The van der Waals surface area contributed by atoms with Crippen molar-refractivity contribution >= 4 is 0 Å². The van der Waals surface area contributed by atoms with Crippen molar-refractivity contribution < 1.29 is 18.7 Å². The lowest BCUT2D eigenvalue weighted by Crippen LogP contribution is -2.20. The molecule has 1 rings (SSSR count). The molecule has 6 heteroatoms. The van der Waals surface area contributed by atoms with E-state index in [0.29, 0.717) is 39.6 Å². The van der Waals surface area contributed by atoms with Crippen LogP contribution < -0.4 is 5.32 Å². The maximum atomic E-state index is 5.43. The third-order valence-corrected chi connectivity index (χ3v) is 2.61. The highest BCUT2D eigenvalue weighted by Crippen LogP contribution is 1.92. The third kappa shape index (κ3) is 9.91. The van der Waals surface area contributed by atoms with Crippen LogP contribution in [-0.2, 0) is 20.8 Å². The molecule has 20 heavy (non-hydrogen) atoms. The number of unbranched alkanes of at least 4 members (excludes halogenated alkanes) is 1. The Morgan fingerprint density at radius 3 is 2.40 bits per heavy atom. The summed E-state index contributed by atoms with van der Waals surface area (Å²) in [6.45, 7) is 7.65. The molecule has 116 valence electrons. The molecule has 0 spiro atoms. The smallest absolute Gasteiger partial charge is 0.124 e. The van der Waals surface area contributed by atoms with Gasteiger partial charge in [-0.2, -0.15) is 0 Å². The molecule has 0 aliphatic heterocycles. The van der Waals surface area contributed by atoms with E-state index < -0.39 is 0 Å². The van der Waals surface area contributed by atoms with Crippen LogP contribution in [0.3, 0.4) is 0 Å². The van der Waals surface area contributed by atoms with Crippen LogP contribution in [0.2, 0.25) is 0 Å². The Bertz CT molecular complexity index is 293. The standard InChI is InChI=1S/C14H26N2O4/c1-2-3-6-17-9-11-19-12-10-18-8-5-15-13-14-4-7-20-16-14/h4,7,15H,2-3,5-6,8-13H2,1H3. The largest absolute Gasteiger partial charge is 0.379 e. The van der Waals surface area contributed by atoms with E-state index in [1.54, 1.807) is 6.26 Å². The molecular weight excluding hydrogens is 260 g/mol. The number of nitrogens with one attached hydrogen (secondary N) is 1. The molecule has 0 aliphatic rings. The first kappa shape index (κ1) is 17.1. The van der Waals surface area contributed by atoms with E-state index in [-0.39, 0.29) is 0 Å². The third-order valence-electron chi connectivity index (χ3n) is 2.61. The number of nitrogens with zero attached hydrogens (tertiary/aromatic N) is 1. The first-order valence-electron chi connectivity index (χ1n) is 7.26. The van der Waals surface area contributed by atoms with E-state index in [9.17, 15) is 0 Å². The summed E-state index contributed by atoms with van der Waals surface area (Å²) in [7, 11) is 0. The number of hydrogen-bond donors (Lipinski definition) is 1. The molecule has 0 unspecified atom stereocenters. The molecule has 0 aliphatic carbocycles. The number of hydrogen-bond acceptors (Lipinski definition) is 6. The Hall–Kier alpha value is -0.950. The summed E-state index contributed by atoms with van der Waals surface area (Å²) in [5, 5.41) is 7.01. The van der Waals surface area contributed by atoms with Gasteiger partial charge in [-0.05, 0) is 6.42 Å². The van der Waals surface area contributed by atoms with Gasteiger partial charge in [0.25, 0.3) is 0 Å². The van der Waals surface area contributed by atoms with Crippen molar-refractivity contribution in [3.8, 4) is 0 Å². The van der Waals surface area contributed by atoms with Gasteiger partial charge in [-0.15, -0.1) is 0 Å². The zero-order chi connectivity index (χ0) is 14.3. The first-order valence-corrected chi connectivity index (χ1v) is 7.26. The molecule has 1 aromatic heterocycles. The van der Waals surface area contributed by atoms with Crippen LogP contribution in [0.5, 0.6) is 0 Å². The first-order chi connectivity index (χ1) is 9.93. The Kier molecular flexibility index (Phi) is 11.2. The normalized spacial score (nSPS) is 11.1. The van der Waals surface area contributed by atoms with Gasteiger partial charge in [0.2, 0.25) is 0 Å². The zero-order valence-electron chi connectivity index (χ0n) is 12.3. The average Bonchev–Trinajstić information content (AvgIpc) is 2.97. The van der Waals surface area contributed by atoms with E-state index in [2.05, 4.69) is 17.4 Å². The van der Waals surface area contributed by atoms with Crippen LogP contribution in [0, 0.1) is 0 Å². The summed E-state index contributed by atoms with van der Waals surface area (Å²) in [4.78, 5) is 0. The fourth-order valence-corrected chi connectivity index (χ4v) is 1.48. The van der Waals surface area contributed by atoms with Crippen LogP contribution in [0.4, 0.5) is 0 Å². The molecule has 0 radical (unpaired) electrons. The maximum absolute atomic E-state index is 5.43. The minimum Gasteiger partial charge on any atom is -0.379 e. The van der Waals surface area contributed by atoms with Gasteiger partial charge in [-0.3, -0.25) is 0 Å². The number of rotatable bonds is 14. The molecule has 1 heterocycles. The van der Waals surface area contributed by atoms with Gasteiger partial charge in [0.05, 0.1) is 38.7 Å². The van der Waals surface area contributed by atoms with Crippen LogP contribution >= 0.6 is 0 Å². The lowest BCUT2D eigenvalue weighted by atomic mass is 10.4. The van der Waals surface area contributed by atoms with Crippen molar-refractivity contribution in [3.05, 3.63) is 18.0 Å². The summed E-state index contributed by atoms with van der Waals surface area (Å²) in [6.07, 6.45) is 3.85. The Morgan fingerprint density at radius 2 is 1.75 bits per heavy atom. The highest BCUT2D eigenvalue weighted by Gasteiger charge is 1.95. The highest BCUT2D eigenvalue weighted by atomic mass is 16.5. The van der Waals surface area contributed by atoms with Crippen LogP contribution in [-0.4, -0.2) is 51.3 Å². The molecule has 0 amide bonds. The lowest BCUT2D eigenvalue weighted by Gasteiger charge is -2.07. The summed E-state index contributed by atoms with van der Waals surface area (Å²) in [5.74, 6) is 0. The Labute approximate surface area is 120 Å². The van der Waals surface area contributed by atoms with Gasteiger partial charge in [0.1, 0.15) is 6.26 Å². The molecule has 0 fully saturated rings. The topological polar surface area (TPSA) is 65.8 Å². The molecule has 1 N–H and O–H groups in total. The minimum absolute atomic E-state index is 0.612. The Morgan fingerprint density at radius 1 is 1.05 bits per heavy atom. The van der Waals surface area contributed by atoms with E-state index in [1.807, 2.05) is 6.07 Å². The SMILES string of the molecule is CCCCOCCOCCOCCNCc1ccon1. The van der Waals surface area contributed by atoms with Gasteiger partial charge < -0.3 is 24.1 Å². The monoisotopic (exact) mass is 286 g/mol. The van der Waals surface area contributed by atoms with Crippen molar-refractivity contribution in [1.82, 2.24) is 10.5 Å². The van der Waals surface area contributed by atoms with Crippen molar-refractivity contribution in [3.63, 3.8) is 0 Å². The zero-order valence-corrected chi connectivity index (χ0v) is 12.3. The molecule has 6 nitrogen and oxygen atoms in total. The van der Waals surface area contributed by atoms with Crippen LogP contribution in [0.15, 0.2) is 16.9 Å². The molecule has 0 bridgehead atoms. The molecule has 0 aromatic carbocycles. The highest BCUT2D eigenvalue weighted by molar-refractivity contribution is 4.93. The molecule has 1 aromatic rings. The molecule has 0 saturated heterocycles. The molecule has 0 atom stereocenters. The second-order valence-electron chi connectivity index (χ2n) is 4.36. The van der Waals surface area contributed by atoms with Gasteiger partial charge in [0.15, 0.2) is 0 Å². The summed E-state index contributed by atoms with van der Waals surface area (Å²) < 4.78 is 20.9. The summed E-state index contributed by atoms with van der Waals surface area (Å²) in [5.41, 5.74) is 0.899. The quantitative estimate of drug-likeness (QED) is 0.524. The minimum atomic E-state index is 0.612. The van der Waals surface area contributed by atoms with E-state index >= 15 is 0 Å². The van der Waals surface area contributed by atoms with Gasteiger partial charge >= 0.3 is 0 Å². The second kappa shape index (κ2) is 13.1. The van der Waals surface area contributed by atoms with Gasteiger partial charge in [-0.1, -0.05) is 18.5 Å². The molecule has 0 saturated carbocycles. The maximum Gasteiger partial charge on any atom is 0.124 e.